The van der Waals surface area contributed by atoms with Crippen LogP contribution in [0.4, 0.5) is 0 Å². The predicted octanol–water partition coefficient (Wildman–Crippen LogP) is 3.17. The molecule has 0 unspecified atom stereocenters. The third-order valence-corrected chi connectivity index (χ3v) is 6.52. The summed E-state index contributed by atoms with van der Waals surface area (Å²) in [6.07, 6.45) is 7.93. The van der Waals surface area contributed by atoms with Gasteiger partial charge in [-0.3, -0.25) is 19.1 Å². The normalized spacial score (nSPS) is 13.5. The number of aromatic nitrogens is 3. The van der Waals surface area contributed by atoms with Gasteiger partial charge in [-0.25, -0.2) is 4.98 Å². The highest BCUT2D eigenvalue weighted by Gasteiger charge is 2.20. The van der Waals surface area contributed by atoms with Crippen molar-refractivity contribution in [3.63, 3.8) is 0 Å². The first-order valence-corrected chi connectivity index (χ1v) is 10.7. The van der Waals surface area contributed by atoms with Gasteiger partial charge in [0.1, 0.15) is 4.83 Å². The van der Waals surface area contributed by atoms with Crippen LogP contribution in [0.15, 0.2) is 35.5 Å². The molecule has 0 saturated carbocycles. The molecule has 4 rings (SSSR count). The molecular weight excluding hydrogens is 372 g/mol. The summed E-state index contributed by atoms with van der Waals surface area (Å²) >= 11 is 1.65. The van der Waals surface area contributed by atoms with Crippen molar-refractivity contribution < 1.29 is 4.79 Å². The summed E-state index contributed by atoms with van der Waals surface area (Å²) in [5.74, 6) is 0.0208. The number of carbonyl (C=O) groups is 1. The highest BCUT2D eigenvalue weighted by atomic mass is 32.1. The van der Waals surface area contributed by atoms with E-state index in [1.807, 2.05) is 25.1 Å². The van der Waals surface area contributed by atoms with Gasteiger partial charge in [-0.1, -0.05) is 6.07 Å². The number of rotatable bonds is 6. The van der Waals surface area contributed by atoms with Gasteiger partial charge < -0.3 is 4.90 Å². The summed E-state index contributed by atoms with van der Waals surface area (Å²) in [6, 6.07) is 5.70. The number of amides is 1. The zero-order valence-corrected chi connectivity index (χ0v) is 16.9. The van der Waals surface area contributed by atoms with E-state index in [-0.39, 0.29) is 17.9 Å². The van der Waals surface area contributed by atoms with Crippen LogP contribution in [0.2, 0.25) is 0 Å². The lowest BCUT2D eigenvalue weighted by Gasteiger charge is -2.20. The molecule has 7 heteroatoms. The van der Waals surface area contributed by atoms with Crippen LogP contribution in [-0.2, 0) is 30.7 Å². The van der Waals surface area contributed by atoms with E-state index >= 15 is 0 Å². The van der Waals surface area contributed by atoms with E-state index in [4.69, 9.17) is 0 Å². The zero-order valence-electron chi connectivity index (χ0n) is 16.1. The second-order valence-corrected chi connectivity index (χ2v) is 8.20. The monoisotopic (exact) mass is 396 g/mol. The Morgan fingerprint density at radius 2 is 2.11 bits per heavy atom. The van der Waals surface area contributed by atoms with Gasteiger partial charge >= 0.3 is 0 Å². The second-order valence-electron chi connectivity index (χ2n) is 7.11. The van der Waals surface area contributed by atoms with Crippen LogP contribution in [0.3, 0.4) is 0 Å². The molecule has 0 aromatic carbocycles. The number of aryl methyl sites for hydroxylation is 3. The Kier molecular flexibility index (Phi) is 5.52. The van der Waals surface area contributed by atoms with E-state index in [1.54, 1.807) is 33.3 Å². The summed E-state index contributed by atoms with van der Waals surface area (Å²) in [5.41, 5.74) is 2.04. The summed E-state index contributed by atoms with van der Waals surface area (Å²) in [5, 5.41) is 0.774. The molecule has 0 aliphatic heterocycles. The third-order valence-electron chi connectivity index (χ3n) is 5.32. The molecule has 1 aliphatic carbocycles. The Balaban J connectivity index is 1.49. The van der Waals surface area contributed by atoms with Crippen LogP contribution in [0.25, 0.3) is 10.2 Å². The molecule has 3 aromatic heterocycles. The lowest BCUT2D eigenvalue weighted by atomic mass is 9.97. The number of hydrogen-bond acceptors (Lipinski definition) is 5. The van der Waals surface area contributed by atoms with Crippen molar-refractivity contribution in [1.29, 1.82) is 0 Å². The van der Waals surface area contributed by atoms with Crippen molar-refractivity contribution in [2.75, 3.05) is 6.54 Å². The van der Waals surface area contributed by atoms with Gasteiger partial charge in [0.05, 0.1) is 24.0 Å². The van der Waals surface area contributed by atoms with Crippen molar-refractivity contribution in [3.05, 3.63) is 57.2 Å². The topological polar surface area (TPSA) is 68.1 Å². The standard InChI is InChI=1S/C21H24N4O2S/c1-2-24(13-15-7-5-6-11-22-15)18(26)10-12-25-14-23-20-19(21(25)27)16-8-3-4-9-17(16)28-20/h5-7,11,14H,2-4,8-10,12-13H2,1H3. The van der Waals surface area contributed by atoms with Crippen molar-refractivity contribution in [1.82, 2.24) is 19.4 Å². The smallest absolute Gasteiger partial charge is 0.262 e. The molecule has 6 nitrogen and oxygen atoms in total. The van der Waals surface area contributed by atoms with Crippen LogP contribution < -0.4 is 5.56 Å². The number of fused-ring (bicyclic) bond motifs is 3. The van der Waals surface area contributed by atoms with E-state index in [0.717, 1.165) is 35.2 Å². The fourth-order valence-electron chi connectivity index (χ4n) is 3.78. The molecule has 0 bridgehead atoms. The Hall–Kier alpha value is -2.54. The molecule has 0 spiro atoms. The van der Waals surface area contributed by atoms with E-state index < -0.39 is 0 Å². The van der Waals surface area contributed by atoms with Crippen LogP contribution in [0, 0.1) is 0 Å². The Morgan fingerprint density at radius 3 is 2.89 bits per heavy atom. The highest BCUT2D eigenvalue weighted by Crippen LogP contribution is 2.33. The number of carbonyl (C=O) groups excluding carboxylic acids is 1. The fourth-order valence-corrected chi connectivity index (χ4v) is 5.00. The van der Waals surface area contributed by atoms with Gasteiger partial charge in [-0.2, -0.15) is 0 Å². The van der Waals surface area contributed by atoms with E-state index in [0.29, 0.717) is 19.6 Å². The Bertz CT molecular complexity index is 1040. The van der Waals surface area contributed by atoms with Crippen molar-refractivity contribution in [3.8, 4) is 0 Å². The first-order valence-electron chi connectivity index (χ1n) is 9.84. The minimum absolute atomic E-state index is 0.00928. The van der Waals surface area contributed by atoms with Crippen molar-refractivity contribution in [2.45, 2.75) is 52.1 Å². The van der Waals surface area contributed by atoms with Gasteiger partial charge in [0.2, 0.25) is 5.91 Å². The van der Waals surface area contributed by atoms with Crippen LogP contribution in [0.1, 0.15) is 42.3 Å². The van der Waals surface area contributed by atoms with E-state index in [2.05, 4.69) is 9.97 Å². The van der Waals surface area contributed by atoms with Crippen molar-refractivity contribution in [2.24, 2.45) is 0 Å². The van der Waals surface area contributed by atoms with Crippen LogP contribution in [0.5, 0.6) is 0 Å². The number of nitrogens with zero attached hydrogens (tertiary/aromatic N) is 4. The maximum Gasteiger partial charge on any atom is 0.262 e. The summed E-state index contributed by atoms with van der Waals surface area (Å²) < 4.78 is 1.59. The van der Waals surface area contributed by atoms with Crippen molar-refractivity contribution >= 4 is 27.5 Å². The molecular formula is C21H24N4O2S. The Morgan fingerprint density at radius 1 is 1.25 bits per heavy atom. The van der Waals surface area contributed by atoms with Gasteiger partial charge in [0, 0.05) is 30.6 Å². The van der Waals surface area contributed by atoms with E-state index in [1.165, 1.54) is 16.9 Å². The lowest BCUT2D eigenvalue weighted by molar-refractivity contribution is -0.131. The zero-order chi connectivity index (χ0) is 19.5. The molecule has 0 radical (unpaired) electrons. The quantitative estimate of drug-likeness (QED) is 0.642. The fraction of sp³-hybridized carbons (Fsp3) is 0.429. The largest absolute Gasteiger partial charge is 0.337 e. The van der Waals surface area contributed by atoms with Gasteiger partial charge in [-0.15, -0.1) is 11.3 Å². The first-order chi connectivity index (χ1) is 13.7. The molecule has 0 fully saturated rings. The molecule has 3 heterocycles. The van der Waals surface area contributed by atoms with Gasteiger partial charge in [-0.05, 0) is 50.3 Å². The third kappa shape index (κ3) is 3.71. The highest BCUT2D eigenvalue weighted by molar-refractivity contribution is 7.18. The predicted molar refractivity (Wildman–Crippen MR) is 110 cm³/mol. The maximum absolute atomic E-state index is 13.0. The average molecular weight is 397 g/mol. The molecule has 3 aromatic rings. The molecule has 1 amide bonds. The SMILES string of the molecule is CCN(Cc1ccccn1)C(=O)CCn1cnc2sc3c(c2c1=O)CCCC3. The lowest BCUT2D eigenvalue weighted by Crippen LogP contribution is -2.32. The molecule has 0 saturated heterocycles. The van der Waals surface area contributed by atoms with Gasteiger partial charge in [0.15, 0.2) is 0 Å². The number of hydrogen-bond donors (Lipinski definition) is 0. The average Bonchev–Trinajstić information content (AvgIpc) is 3.11. The minimum atomic E-state index is -0.00928. The first kappa shape index (κ1) is 18.8. The van der Waals surface area contributed by atoms with Crippen LogP contribution >= 0.6 is 11.3 Å². The molecule has 28 heavy (non-hydrogen) atoms. The van der Waals surface area contributed by atoms with Crippen LogP contribution in [-0.4, -0.2) is 31.9 Å². The Labute approximate surface area is 167 Å². The summed E-state index contributed by atoms with van der Waals surface area (Å²) in [6.45, 7) is 3.40. The second kappa shape index (κ2) is 8.22. The number of thiophene rings is 1. The van der Waals surface area contributed by atoms with E-state index in [9.17, 15) is 9.59 Å². The molecule has 146 valence electrons. The molecule has 0 N–H and O–H groups in total. The molecule has 0 atom stereocenters. The molecule has 1 aliphatic rings. The number of pyridine rings is 1. The summed E-state index contributed by atoms with van der Waals surface area (Å²) in [7, 11) is 0. The summed E-state index contributed by atoms with van der Waals surface area (Å²) in [4.78, 5) is 38.4. The minimum Gasteiger partial charge on any atom is -0.337 e. The maximum atomic E-state index is 13.0. The van der Waals surface area contributed by atoms with Gasteiger partial charge in [0.25, 0.3) is 5.56 Å².